The average molecular weight is 364 g/mol. The first-order valence-corrected chi connectivity index (χ1v) is 8.44. The van der Waals surface area contributed by atoms with Crippen LogP contribution in [0.2, 0.25) is 0 Å². The van der Waals surface area contributed by atoms with Crippen LogP contribution >= 0.6 is 0 Å². The Morgan fingerprint density at radius 1 is 1.04 bits per heavy atom. The third-order valence-electron chi connectivity index (χ3n) is 3.97. The van der Waals surface area contributed by atoms with Gasteiger partial charge in [0.2, 0.25) is 0 Å². The second kappa shape index (κ2) is 9.65. The molecule has 0 saturated carbocycles. The fraction of sp³-hybridized carbons (Fsp3) is 0.500. The zero-order valence-corrected chi connectivity index (χ0v) is 15.3. The summed E-state index contributed by atoms with van der Waals surface area (Å²) < 4.78 is 16.2. The monoisotopic (exact) mass is 364 g/mol. The van der Waals surface area contributed by atoms with Crippen molar-refractivity contribution in [1.82, 2.24) is 9.71 Å². The van der Waals surface area contributed by atoms with Gasteiger partial charge < -0.3 is 19.0 Å². The summed E-state index contributed by atoms with van der Waals surface area (Å²) in [7, 11) is 4.42. The van der Waals surface area contributed by atoms with Crippen LogP contribution in [0.3, 0.4) is 0 Å². The highest BCUT2D eigenvalue weighted by Gasteiger charge is 2.11. The van der Waals surface area contributed by atoms with E-state index in [1.807, 2.05) is 0 Å². The second-order valence-electron chi connectivity index (χ2n) is 5.67. The van der Waals surface area contributed by atoms with Gasteiger partial charge in [0.25, 0.3) is 5.56 Å². The van der Waals surface area contributed by atoms with Crippen LogP contribution in [-0.2, 0) is 9.53 Å². The Kier molecular flexibility index (Phi) is 7.25. The molecule has 0 spiro atoms. The van der Waals surface area contributed by atoms with E-state index in [1.54, 1.807) is 12.1 Å². The fourth-order valence-corrected chi connectivity index (χ4v) is 2.51. The number of fused-ring (bicyclic) bond motifs is 1. The van der Waals surface area contributed by atoms with Crippen LogP contribution in [0.15, 0.2) is 23.3 Å². The molecule has 0 bridgehead atoms. The van der Waals surface area contributed by atoms with E-state index in [0.29, 0.717) is 35.4 Å². The van der Waals surface area contributed by atoms with Crippen LogP contribution in [0.1, 0.15) is 32.1 Å². The highest BCUT2D eigenvalue weighted by Crippen LogP contribution is 2.29. The summed E-state index contributed by atoms with van der Waals surface area (Å²) in [6.45, 7) is 0.388. The number of methoxy groups -OCH3 is 3. The number of carbonyl (C=O) groups excluding carboxylic acids is 1. The van der Waals surface area contributed by atoms with Gasteiger partial charge in [0.1, 0.15) is 12.9 Å². The predicted octanol–water partition coefficient (Wildman–Crippen LogP) is 1.97. The standard InChI is InChI=1S/C18H24N2O6/c1-23-15-10-13-14(11-16(15)24-2)19-12-20(18(13)22)26-9-7-5-4-6-8-17(21)25-3/h10-12H,4-9H2,1-3H3. The molecular weight excluding hydrogens is 340 g/mol. The van der Waals surface area contributed by atoms with E-state index in [4.69, 9.17) is 14.3 Å². The lowest BCUT2D eigenvalue weighted by molar-refractivity contribution is -0.140. The minimum absolute atomic E-state index is 0.193. The van der Waals surface area contributed by atoms with Crippen molar-refractivity contribution in [2.24, 2.45) is 0 Å². The Bertz CT molecular complexity index is 802. The Balaban J connectivity index is 1.93. The Morgan fingerprint density at radius 2 is 1.73 bits per heavy atom. The van der Waals surface area contributed by atoms with Gasteiger partial charge in [-0.2, -0.15) is 0 Å². The molecule has 1 aromatic heterocycles. The molecule has 0 fully saturated rings. The summed E-state index contributed by atoms with van der Waals surface area (Å²) in [4.78, 5) is 33.3. The van der Waals surface area contributed by atoms with Crippen LogP contribution in [0.5, 0.6) is 11.5 Å². The SMILES string of the molecule is COC(=O)CCCCCCOn1cnc2cc(OC)c(OC)cc2c1=O. The lowest BCUT2D eigenvalue weighted by Crippen LogP contribution is -2.27. The van der Waals surface area contributed by atoms with E-state index >= 15 is 0 Å². The molecule has 142 valence electrons. The molecule has 0 N–H and O–H groups in total. The number of esters is 1. The molecule has 2 rings (SSSR count). The number of ether oxygens (including phenoxy) is 3. The van der Waals surface area contributed by atoms with E-state index in [2.05, 4.69) is 9.72 Å². The first kappa shape index (κ1) is 19.6. The van der Waals surface area contributed by atoms with Gasteiger partial charge in [-0.3, -0.25) is 9.59 Å². The number of unbranched alkanes of at least 4 members (excludes halogenated alkanes) is 3. The zero-order chi connectivity index (χ0) is 18.9. The van der Waals surface area contributed by atoms with Gasteiger partial charge in [0, 0.05) is 12.5 Å². The molecule has 0 radical (unpaired) electrons. The second-order valence-corrected chi connectivity index (χ2v) is 5.67. The fourth-order valence-electron chi connectivity index (χ4n) is 2.51. The van der Waals surface area contributed by atoms with Crippen molar-refractivity contribution < 1.29 is 23.8 Å². The smallest absolute Gasteiger partial charge is 0.305 e. The number of carbonyl (C=O) groups is 1. The van der Waals surface area contributed by atoms with Crippen molar-refractivity contribution in [2.45, 2.75) is 32.1 Å². The number of rotatable bonds is 10. The van der Waals surface area contributed by atoms with Crippen LogP contribution in [-0.4, -0.2) is 43.6 Å². The summed E-state index contributed by atoms with van der Waals surface area (Å²) >= 11 is 0. The topological polar surface area (TPSA) is 88.9 Å². The number of aromatic nitrogens is 2. The molecule has 26 heavy (non-hydrogen) atoms. The van der Waals surface area contributed by atoms with E-state index < -0.39 is 0 Å². The molecule has 1 aromatic carbocycles. The van der Waals surface area contributed by atoms with Crippen molar-refractivity contribution >= 4 is 16.9 Å². The van der Waals surface area contributed by atoms with Crippen LogP contribution in [0.4, 0.5) is 0 Å². The number of hydrogen-bond donors (Lipinski definition) is 0. The minimum atomic E-state index is -0.304. The molecule has 0 aliphatic carbocycles. The van der Waals surface area contributed by atoms with Crippen molar-refractivity contribution in [3.8, 4) is 11.5 Å². The summed E-state index contributed by atoms with van der Waals surface area (Å²) in [5.74, 6) is 0.780. The molecule has 0 aliphatic rings. The maximum absolute atomic E-state index is 12.5. The molecule has 0 saturated heterocycles. The van der Waals surface area contributed by atoms with Gasteiger partial charge in [-0.05, 0) is 25.3 Å². The number of hydrogen-bond acceptors (Lipinski definition) is 7. The highest BCUT2D eigenvalue weighted by molar-refractivity contribution is 5.81. The Labute approximate surface area is 151 Å². The van der Waals surface area contributed by atoms with Gasteiger partial charge in [0.15, 0.2) is 11.5 Å². The summed E-state index contributed by atoms with van der Waals surface area (Å²) in [6.07, 6.45) is 5.14. The van der Waals surface area contributed by atoms with E-state index in [-0.39, 0.29) is 11.5 Å². The lowest BCUT2D eigenvalue weighted by Gasteiger charge is -2.11. The Morgan fingerprint density at radius 3 is 2.42 bits per heavy atom. The minimum Gasteiger partial charge on any atom is -0.493 e. The number of nitrogens with zero attached hydrogens (tertiary/aromatic N) is 2. The van der Waals surface area contributed by atoms with Gasteiger partial charge in [-0.15, -0.1) is 4.73 Å². The maximum Gasteiger partial charge on any atom is 0.305 e. The van der Waals surface area contributed by atoms with Gasteiger partial charge in [0.05, 0.1) is 32.2 Å². The van der Waals surface area contributed by atoms with Gasteiger partial charge >= 0.3 is 5.97 Å². The van der Waals surface area contributed by atoms with Crippen molar-refractivity contribution in [3.63, 3.8) is 0 Å². The first-order valence-electron chi connectivity index (χ1n) is 8.44. The number of benzene rings is 1. The van der Waals surface area contributed by atoms with Crippen LogP contribution in [0.25, 0.3) is 10.9 Å². The van der Waals surface area contributed by atoms with Gasteiger partial charge in [-0.25, -0.2) is 4.98 Å². The van der Waals surface area contributed by atoms with E-state index in [1.165, 1.54) is 27.7 Å². The van der Waals surface area contributed by atoms with Crippen molar-refractivity contribution in [1.29, 1.82) is 0 Å². The lowest BCUT2D eigenvalue weighted by atomic mass is 10.1. The Hall–Kier alpha value is -2.77. The molecule has 2 aromatic rings. The quantitative estimate of drug-likeness (QED) is 0.470. The molecule has 1 heterocycles. The van der Waals surface area contributed by atoms with Crippen molar-refractivity contribution in [3.05, 3.63) is 28.8 Å². The summed E-state index contributed by atoms with van der Waals surface area (Å²) in [5.41, 5.74) is 0.206. The van der Waals surface area contributed by atoms with Crippen molar-refractivity contribution in [2.75, 3.05) is 27.9 Å². The van der Waals surface area contributed by atoms with E-state index in [0.717, 1.165) is 30.4 Å². The largest absolute Gasteiger partial charge is 0.493 e. The summed E-state index contributed by atoms with van der Waals surface area (Å²) in [6, 6.07) is 3.25. The molecule has 0 unspecified atom stereocenters. The third kappa shape index (κ3) is 4.87. The third-order valence-corrected chi connectivity index (χ3v) is 3.97. The zero-order valence-electron chi connectivity index (χ0n) is 15.3. The summed E-state index contributed by atoms with van der Waals surface area (Å²) in [5, 5.41) is 0.392. The first-order chi connectivity index (χ1) is 12.6. The molecule has 0 amide bonds. The normalized spacial score (nSPS) is 10.6. The molecule has 8 nitrogen and oxygen atoms in total. The molecule has 8 heteroatoms. The van der Waals surface area contributed by atoms with E-state index in [9.17, 15) is 9.59 Å². The average Bonchev–Trinajstić information content (AvgIpc) is 2.67. The predicted molar refractivity (Wildman–Crippen MR) is 95.7 cm³/mol. The molecular formula is C18H24N2O6. The van der Waals surface area contributed by atoms with Crippen LogP contribution in [0, 0.1) is 0 Å². The molecule has 0 aliphatic heterocycles. The van der Waals surface area contributed by atoms with Crippen LogP contribution < -0.4 is 19.9 Å². The highest BCUT2D eigenvalue weighted by atomic mass is 16.7. The maximum atomic E-state index is 12.5. The van der Waals surface area contributed by atoms with Gasteiger partial charge in [-0.1, -0.05) is 6.42 Å². The molecule has 0 atom stereocenters.